The van der Waals surface area contributed by atoms with E-state index >= 15 is 0 Å². The van der Waals surface area contributed by atoms with Gasteiger partial charge in [0.05, 0.1) is 0 Å². The third-order valence-electron chi connectivity index (χ3n) is 1.59. The zero-order valence-electron chi connectivity index (χ0n) is 6.47. The van der Waals surface area contributed by atoms with Crippen molar-refractivity contribution in [2.45, 2.75) is 32.3 Å². The van der Waals surface area contributed by atoms with Crippen molar-refractivity contribution >= 4 is 28.6 Å². The van der Waals surface area contributed by atoms with E-state index in [0.29, 0.717) is 0 Å². The van der Waals surface area contributed by atoms with Gasteiger partial charge in [-0.2, -0.15) is 0 Å². The van der Waals surface area contributed by atoms with E-state index in [0.717, 1.165) is 19.3 Å². The van der Waals surface area contributed by atoms with E-state index in [4.69, 9.17) is 4.74 Å². The molecule has 0 saturated heterocycles. The predicted octanol–water partition coefficient (Wildman–Crippen LogP) is 2.42. The molecule has 0 aromatic carbocycles. The van der Waals surface area contributed by atoms with Gasteiger partial charge in [0.25, 0.3) is 0 Å². The molecule has 0 heterocycles. The maximum Gasteiger partial charge on any atom is 0.303 e. The van der Waals surface area contributed by atoms with Gasteiger partial charge in [0.2, 0.25) is 0 Å². The quantitative estimate of drug-likeness (QED) is 0.538. The minimum Gasteiger partial charge on any atom is -0.458 e. The zero-order chi connectivity index (χ0) is 8.27. The molecule has 0 aliphatic heterocycles. The highest BCUT2D eigenvalue weighted by Gasteiger charge is 2.13. The number of hydrogen-bond donors (Lipinski definition) is 0. The molecule has 11 heavy (non-hydrogen) atoms. The summed E-state index contributed by atoms with van der Waals surface area (Å²) in [6.45, 7) is 1.45. The zero-order valence-corrected chi connectivity index (χ0v) is 8.63. The van der Waals surface area contributed by atoms with Crippen molar-refractivity contribution in [3.05, 3.63) is 9.66 Å². The van der Waals surface area contributed by atoms with E-state index in [-0.39, 0.29) is 12.1 Å². The molecule has 1 aliphatic rings. The first-order chi connectivity index (χ1) is 5.18. The van der Waals surface area contributed by atoms with Gasteiger partial charge < -0.3 is 4.74 Å². The van der Waals surface area contributed by atoms with Crippen LogP contribution in [0.3, 0.4) is 0 Å². The lowest BCUT2D eigenvalue weighted by atomic mass is 10.1. The number of allylic oxidation sites excluding steroid dienone is 1. The topological polar surface area (TPSA) is 26.3 Å². The third kappa shape index (κ3) is 3.22. The lowest BCUT2D eigenvalue weighted by molar-refractivity contribution is -0.144. The SMILES string of the molecule is CC(=O)OC1C=C(I)CCC1. The molecule has 0 bridgehead atoms. The minimum atomic E-state index is -0.183. The highest BCUT2D eigenvalue weighted by molar-refractivity contribution is 14.1. The largest absolute Gasteiger partial charge is 0.458 e. The standard InChI is InChI=1S/C8H11IO2/c1-6(10)11-8-4-2-3-7(9)5-8/h5,8H,2-4H2,1H3. The van der Waals surface area contributed by atoms with Gasteiger partial charge in [-0.05, 0) is 51.5 Å². The maximum atomic E-state index is 10.6. The van der Waals surface area contributed by atoms with Crippen LogP contribution >= 0.6 is 22.6 Å². The number of carbonyl (C=O) groups is 1. The van der Waals surface area contributed by atoms with Gasteiger partial charge in [0, 0.05) is 6.92 Å². The molecule has 0 radical (unpaired) electrons. The molecule has 0 N–H and O–H groups in total. The Labute approximate surface area is 80.1 Å². The molecular weight excluding hydrogens is 255 g/mol. The fourth-order valence-corrected chi connectivity index (χ4v) is 1.93. The summed E-state index contributed by atoms with van der Waals surface area (Å²) < 4.78 is 6.35. The first kappa shape index (κ1) is 9.03. The van der Waals surface area contributed by atoms with Gasteiger partial charge >= 0.3 is 5.97 Å². The van der Waals surface area contributed by atoms with E-state index in [1.165, 1.54) is 10.5 Å². The molecule has 0 aromatic rings. The number of halogens is 1. The number of esters is 1. The Morgan fingerprint density at radius 2 is 2.55 bits per heavy atom. The molecule has 1 rings (SSSR count). The molecular formula is C8H11IO2. The molecule has 2 nitrogen and oxygen atoms in total. The van der Waals surface area contributed by atoms with Crippen LogP contribution in [0.5, 0.6) is 0 Å². The van der Waals surface area contributed by atoms with Crippen LogP contribution < -0.4 is 0 Å². The predicted molar refractivity (Wildman–Crippen MR) is 51.5 cm³/mol. The normalized spacial score (nSPS) is 24.2. The van der Waals surface area contributed by atoms with Crippen molar-refractivity contribution in [1.29, 1.82) is 0 Å². The van der Waals surface area contributed by atoms with Gasteiger partial charge in [0.1, 0.15) is 6.10 Å². The lowest BCUT2D eigenvalue weighted by Gasteiger charge is -2.17. The second-order valence-electron chi connectivity index (χ2n) is 2.65. The van der Waals surface area contributed by atoms with E-state index in [2.05, 4.69) is 22.6 Å². The first-order valence-electron chi connectivity index (χ1n) is 3.72. The maximum absolute atomic E-state index is 10.6. The summed E-state index contributed by atoms with van der Waals surface area (Å²) in [5.41, 5.74) is 0. The fourth-order valence-electron chi connectivity index (χ4n) is 1.15. The second-order valence-corrected chi connectivity index (χ2v) is 4.04. The van der Waals surface area contributed by atoms with E-state index in [9.17, 15) is 4.79 Å². The van der Waals surface area contributed by atoms with Crippen LogP contribution in [-0.4, -0.2) is 12.1 Å². The molecule has 62 valence electrons. The van der Waals surface area contributed by atoms with E-state index < -0.39 is 0 Å². The number of ether oxygens (including phenoxy) is 1. The van der Waals surface area contributed by atoms with Crippen molar-refractivity contribution in [2.24, 2.45) is 0 Å². The summed E-state index contributed by atoms with van der Waals surface area (Å²) in [6.07, 6.45) is 5.32. The summed E-state index contributed by atoms with van der Waals surface area (Å²) in [6, 6.07) is 0. The van der Waals surface area contributed by atoms with Gasteiger partial charge in [-0.25, -0.2) is 0 Å². The van der Waals surface area contributed by atoms with Crippen LogP contribution in [0.25, 0.3) is 0 Å². The molecule has 0 spiro atoms. The lowest BCUT2D eigenvalue weighted by Crippen LogP contribution is -2.16. The van der Waals surface area contributed by atoms with Crippen molar-refractivity contribution < 1.29 is 9.53 Å². The molecule has 3 heteroatoms. The molecule has 0 saturated carbocycles. The molecule has 1 aliphatic carbocycles. The van der Waals surface area contributed by atoms with Crippen molar-refractivity contribution in [2.75, 3.05) is 0 Å². The highest BCUT2D eigenvalue weighted by Crippen LogP contribution is 2.24. The van der Waals surface area contributed by atoms with Crippen molar-refractivity contribution in [3.8, 4) is 0 Å². The van der Waals surface area contributed by atoms with Gasteiger partial charge in [-0.15, -0.1) is 0 Å². The number of rotatable bonds is 1. The highest BCUT2D eigenvalue weighted by atomic mass is 127. The molecule has 0 aromatic heterocycles. The first-order valence-corrected chi connectivity index (χ1v) is 4.80. The van der Waals surface area contributed by atoms with E-state index in [1.807, 2.05) is 6.08 Å². The summed E-state index contributed by atoms with van der Waals surface area (Å²) in [4.78, 5) is 10.6. The summed E-state index contributed by atoms with van der Waals surface area (Å²) >= 11 is 2.29. The Hall–Kier alpha value is -0.0600. The van der Waals surface area contributed by atoms with Crippen LogP contribution in [0.1, 0.15) is 26.2 Å². The smallest absolute Gasteiger partial charge is 0.303 e. The Balaban J connectivity index is 2.46. The van der Waals surface area contributed by atoms with E-state index in [1.54, 1.807) is 0 Å². The fraction of sp³-hybridized carbons (Fsp3) is 0.625. The molecule has 1 unspecified atom stereocenters. The van der Waals surface area contributed by atoms with Crippen LogP contribution in [0, 0.1) is 0 Å². The average molecular weight is 266 g/mol. The molecule has 1 atom stereocenters. The summed E-state index contributed by atoms with van der Waals surface area (Å²) in [5, 5.41) is 0. The van der Waals surface area contributed by atoms with Crippen molar-refractivity contribution in [1.82, 2.24) is 0 Å². The number of carbonyl (C=O) groups excluding carboxylic acids is 1. The van der Waals surface area contributed by atoms with Crippen LogP contribution in [0.2, 0.25) is 0 Å². The molecule has 0 amide bonds. The Bertz CT molecular complexity index is 187. The second kappa shape index (κ2) is 4.09. The Kier molecular flexibility index (Phi) is 3.36. The Morgan fingerprint density at radius 3 is 3.09 bits per heavy atom. The summed E-state index contributed by atoms with van der Waals surface area (Å²) in [7, 11) is 0. The number of hydrogen-bond acceptors (Lipinski definition) is 2. The monoisotopic (exact) mass is 266 g/mol. The minimum absolute atomic E-state index is 0.0353. The van der Waals surface area contributed by atoms with Crippen LogP contribution in [-0.2, 0) is 9.53 Å². The Morgan fingerprint density at radius 1 is 1.82 bits per heavy atom. The van der Waals surface area contributed by atoms with Crippen LogP contribution in [0.4, 0.5) is 0 Å². The summed E-state index contributed by atoms with van der Waals surface area (Å²) in [5.74, 6) is -0.183. The third-order valence-corrected chi connectivity index (χ3v) is 2.49. The van der Waals surface area contributed by atoms with Gasteiger partial charge in [0.15, 0.2) is 0 Å². The molecule has 0 fully saturated rings. The van der Waals surface area contributed by atoms with Crippen LogP contribution in [0.15, 0.2) is 9.66 Å². The van der Waals surface area contributed by atoms with Gasteiger partial charge in [-0.1, -0.05) is 0 Å². The van der Waals surface area contributed by atoms with Gasteiger partial charge in [-0.3, -0.25) is 4.79 Å². The average Bonchev–Trinajstić information content (AvgIpc) is 1.85. The van der Waals surface area contributed by atoms with Crippen molar-refractivity contribution in [3.63, 3.8) is 0 Å².